The van der Waals surface area contributed by atoms with Crippen LogP contribution in [0, 0.1) is 0 Å². The van der Waals surface area contributed by atoms with Gasteiger partial charge in [-0.25, -0.2) is 0 Å². The average Bonchev–Trinajstić information content (AvgIpc) is 2.83. The first-order valence-electron chi connectivity index (χ1n) is 11.1. The van der Waals surface area contributed by atoms with E-state index in [0.717, 1.165) is 12.8 Å². The zero-order chi connectivity index (χ0) is 22.2. The van der Waals surface area contributed by atoms with Crippen LogP contribution in [0.2, 0.25) is 0 Å². The minimum Gasteiger partial charge on any atom is -0.303 e. The number of carbonyl (C=O) groups excluding carboxylic acids is 1. The van der Waals surface area contributed by atoms with Crippen LogP contribution in [0.5, 0.6) is 0 Å². The fraction of sp³-hybridized carbons (Fsp3) is 0.167. The molecule has 0 radical (unpaired) electrons. The summed E-state index contributed by atoms with van der Waals surface area (Å²) < 4.78 is 0. The van der Waals surface area contributed by atoms with Crippen LogP contribution in [-0.2, 0) is 24.2 Å². The molecule has 0 aliphatic heterocycles. The molecule has 2 heteroatoms. The van der Waals surface area contributed by atoms with Gasteiger partial charge in [0.15, 0.2) is 5.78 Å². The summed E-state index contributed by atoms with van der Waals surface area (Å²) in [7, 11) is 0. The second-order valence-electron chi connectivity index (χ2n) is 8.42. The quantitative estimate of drug-likeness (QED) is 0.323. The van der Waals surface area contributed by atoms with E-state index in [1.807, 2.05) is 12.1 Å². The molecule has 0 aromatic heterocycles. The van der Waals surface area contributed by atoms with Crippen molar-refractivity contribution in [2.75, 3.05) is 0 Å². The molecule has 160 valence electrons. The van der Waals surface area contributed by atoms with Gasteiger partial charge in [0, 0.05) is 12.1 Å². The first kappa shape index (κ1) is 21.7. The summed E-state index contributed by atoms with van der Waals surface area (Å²) >= 11 is 0. The van der Waals surface area contributed by atoms with E-state index in [-0.39, 0.29) is 5.78 Å². The third kappa shape index (κ3) is 5.60. The highest BCUT2D eigenvalue weighted by Gasteiger charge is 2.28. The van der Waals surface area contributed by atoms with E-state index in [0.29, 0.717) is 6.54 Å². The Bertz CT molecular complexity index is 1150. The first-order chi connectivity index (χ1) is 15.6. The lowest BCUT2D eigenvalue weighted by molar-refractivity contribution is -0.112. The zero-order valence-electron chi connectivity index (χ0n) is 18.5. The summed E-state index contributed by atoms with van der Waals surface area (Å²) in [6.07, 6.45) is 5.36. The fourth-order valence-corrected chi connectivity index (χ4v) is 4.28. The predicted octanol–water partition coefficient (Wildman–Crippen LogP) is 6.30. The van der Waals surface area contributed by atoms with Gasteiger partial charge in [-0.2, -0.15) is 0 Å². The molecule has 4 rings (SSSR count). The van der Waals surface area contributed by atoms with E-state index >= 15 is 0 Å². The summed E-state index contributed by atoms with van der Waals surface area (Å²) in [4.78, 5) is 11.9. The summed E-state index contributed by atoms with van der Waals surface area (Å²) in [5, 5.41) is 6.35. The molecule has 0 saturated heterocycles. The number of hydrogen-bond donors (Lipinski definition) is 1. The van der Waals surface area contributed by atoms with Crippen molar-refractivity contribution in [3.63, 3.8) is 0 Å². The zero-order valence-corrected chi connectivity index (χ0v) is 18.5. The average molecular weight is 420 g/mol. The third-order valence-corrected chi connectivity index (χ3v) is 5.87. The summed E-state index contributed by atoms with van der Waals surface area (Å²) in [5.41, 5.74) is 3.33. The highest BCUT2D eigenvalue weighted by Crippen LogP contribution is 2.24. The van der Waals surface area contributed by atoms with Crippen LogP contribution in [0.25, 0.3) is 10.8 Å². The van der Waals surface area contributed by atoms with E-state index < -0.39 is 5.54 Å². The standard InChI is InChI=1S/C30H29NO/c1-24(32)19-20-30(21-25-11-4-2-5-12-25,22-26-13-6-3-7-14-26)31-23-28-17-10-16-27-15-8-9-18-29(27)28/h2-20,31H,21-23H2,1H3/b20-19+. The van der Waals surface area contributed by atoms with Gasteiger partial charge in [-0.1, -0.05) is 109 Å². The van der Waals surface area contributed by atoms with Crippen molar-refractivity contribution in [1.82, 2.24) is 5.32 Å². The van der Waals surface area contributed by atoms with E-state index in [9.17, 15) is 4.79 Å². The SMILES string of the molecule is CC(=O)/C=C/C(Cc1ccccc1)(Cc1ccccc1)NCc1cccc2ccccc12. The van der Waals surface area contributed by atoms with Crippen LogP contribution in [-0.4, -0.2) is 11.3 Å². The van der Waals surface area contributed by atoms with Crippen molar-refractivity contribution in [3.8, 4) is 0 Å². The number of hydrogen-bond acceptors (Lipinski definition) is 2. The highest BCUT2D eigenvalue weighted by atomic mass is 16.1. The second kappa shape index (κ2) is 10.2. The minimum atomic E-state index is -0.397. The Hall–Kier alpha value is -3.49. The molecule has 0 aliphatic carbocycles. The molecule has 0 amide bonds. The van der Waals surface area contributed by atoms with Crippen LogP contribution in [0.15, 0.2) is 115 Å². The van der Waals surface area contributed by atoms with E-state index in [2.05, 4.69) is 102 Å². The van der Waals surface area contributed by atoms with Gasteiger partial charge in [0.2, 0.25) is 0 Å². The number of fused-ring (bicyclic) bond motifs is 1. The maximum Gasteiger partial charge on any atom is 0.152 e. The number of rotatable bonds is 9. The van der Waals surface area contributed by atoms with Crippen molar-refractivity contribution in [2.45, 2.75) is 31.8 Å². The van der Waals surface area contributed by atoms with Crippen molar-refractivity contribution in [3.05, 3.63) is 132 Å². The molecule has 0 heterocycles. The second-order valence-corrected chi connectivity index (χ2v) is 8.42. The molecule has 0 bridgehead atoms. The lowest BCUT2D eigenvalue weighted by Crippen LogP contribution is -2.47. The smallest absolute Gasteiger partial charge is 0.152 e. The Morgan fingerprint density at radius 1 is 0.750 bits per heavy atom. The van der Waals surface area contributed by atoms with Gasteiger partial charge < -0.3 is 5.32 Å². The molecule has 0 aliphatic rings. The lowest BCUT2D eigenvalue weighted by Gasteiger charge is -2.33. The Balaban J connectivity index is 1.72. The van der Waals surface area contributed by atoms with Crippen LogP contribution >= 0.6 is 0 Å². The maximum absolute atomic E-state index is 11.9. The minimum absolute atomic E-state index is 0.0578. The highest BCUT2D eigenvalue weighted by molar-refractivity contribution is 5.87. The number of allylic oxidation sites excluding steroid dienone is 1. The van der Waals surface area contributed by atoms with Crippen LogP contribution in [0.1, 0.15) is 23.6 Å². The van der Waals surface area contributed by atoms with Crippen molar-refractivity contribution >= 4 is 16.6 Å². The molecule has 0 atom stereocenters. The third-order valence-electron chi connectivity index (χ3n) is 5.87. The fourth-order valence-electron chi connectivity index (χ4n) is 4.28. The van der Waals surface area contributed by atoms with Crippen molar-refractivity contribution in [1.29, 1.82) is 0 Å². The Kier molecular flexibility index (Phi) is 6.94. The van der Waals surface area contributed by atoms with E-state index in [1.165, 1.54) is 27.5 Å². The molecule has 32 heavy (non-hydrogen) atoms. The molecule has 4 aromatic rings. The largest absolute Gasteiger partial charge is 0.303 e. The molecule has 1 N–H and O–H groups in total. The molecule has 0 unspecified atom stereocenters. The summed E-state index contributed by atoms with van der Waals surface area (Å²) in [5.74, 6) is 0.0578. The molecule has 4 aromatic carbocycles. The molecule has 0 fully saturated rings. The van der Waals surface area contributed by atoms with E-state index in [4.69, 9.17) is 0 Å². The number of nitrogens with one attached hydrogen (secondary N) is 1. The van der Waals surface area contributed by atoms with Gasteiger partial charge in [0.05, 0.1) is 0 Å². The predicted molar refractivity (Wildman–Crippen MR) is 134 cm³/mol. The maximum atomic E-state index is 11.9. The summed E-state index contributed by atoms with van der Waals surface area (Å²) in [6, 6.07) is 35.9. The van der Waals surface area contributed by atoms with Gasteiger partial charge in [-0.3, -0.25) is 4.79 Å². The Morgan fingerprint density at radius 2 is 1.31 bits per heavy atom. The van der Waals surface area contributed by atoms with Gasteiger partial charge in [-0.15, -0.1) is 0 Å². The van der Waals surface area contributed by atoms with Gasteiger partial charge >= 0.3 is 0 Å². The molecule has 0 spiro atoms. The first-order valence-corrected chi connectivity index (χ1v) is 11.1. The molecule has 0 saturated carbocycles. The molecular weight excluding hydrogens is 390 g/mol. The number of ketones is 1. The number of carbonyl (C=O) groups is 1. The Morgan fingerprint density at radius 3 is 1.94 bits per heavy atom. The van der Waals surface area contributed by atoms with Crippen molar-refractivity contribution in [2.24, 2.45) is 0 Å². The van der Waals surface area contributed by atoms with Crippen LogP contribution < -0.4 is 5.32 Å². The molecule has 2 nitrogen and oxygen atoms in total. The van der Waals surface area contributed by atoms with Gasteiger partial charge in [0.1, 0.15) is 0 Å². The number of benzene rings is 4. The molecular formula is C30H29NO. The van der Waals surface area contributed by atoms with Crippen LogP contribution in [0.4, 0.5) is 0 Å². The lowest BCUT2D eigenvalue weighted by atomic mass is 9.83. The van der Waals surface area contributed by atoms with Crippen LogP contribution in [0.3, 0.4) is 0 Å². The van der Waals surface area contributed by atoms with Gasteiger partial charge in [0.25, 0.3) is 0 Å². The monoisotopic (exact) mass is 419 g/mol. The Labute approximate surface area is 190 Å². The van der Waals surface area contributed by atoms with E-state index in [1.54, 1.807) is 13.0 Å². The van der Waals surface area contributed by atoms with Crippen molar-refractivity contribution < 1.29 is 4.79 Å². The van der Waals surface area contributed by atoms with Gasteiger partial charge in [-0.05, 0) is 53.3 Å². The topological polar surface area (TPSA) is 29.1 Å². The summed E-state index contributed by atoms with van der Waals surface area (Å²) in [6.45, 7) is 2.32. The normalized spacial score (nSPS) is 11.8.